The molecule has 1 aromatic carbocycles. The molecule has 0 saturated carbocycles. The average Bonchev–Trinajstić information content (AvgIpc) is 2.47. The Bertz CT molecular complexity index is 527. The minimum absolute atomic E-state index is 0.687. The highest BCUT2D eigenvalue weighted by Gasteiger charge is 2.19. The second kappa shape index (κ2) is 4.90. The third-order valence-corrected chi connectivity index (χ3v) is 3.82. The van der Waals surface area contributed by atoms with Crippen LogP contribution in [0.25, 0.3) is 10.9 Å². The molecule has 2 N–H and O–H groups in total. The van der Waals surface area contributed by atoms with Gasteiger partial charge in [-0.1, -0.05) is 6.07 Å². The van der Waals surface area contributed by atoms with E-state index in [2.05, 4.69) is 27.0 Å². The van der Waals surface area contributed by atoms with Crippen molar-refractivity contribution in [1.29, 1.82) is 0 Å². The summed E-state index contributed by atoms with van der Waals surface area (Å²) < 4.78 is 0. The van der Waals surface area contributed by atoms with E-state index in [0.29, 0.717) is 5.92 Å². The van der Waals surface area contributed by atoms with Crippen molar-refractivity contribution in [3.8, 4) is 0 Å². The second-order valence-electron chi connectivity index (χ2n) is 4.90. The van der Waals surface area contributed by atoms with E-state index in [1.165, 1.54) is 18.5 Å². The maximum atomic E-state index is 5.74. The van der Waals surface area contributed by atoms with Crippen LogP contribution in [0.15, 0.2) is 30.7 Å². The zero-order valence-corrected chi connectivity index (χ0v) is 10.4. The fraction of sp³-hybridized carbons (Fsp3) is 0.429. The van der Waals surface area contributed by atoms with Crippen LogP contribution in [0.5, 0.6) is 0 Å². The van der Waals surface area contributed by atoms with Crippen LogP contribution >= 0.6 is 0 Å². The number of anilines is 1. The summed E-state index contributed by atoms with van der Waals surface area (Å²) in [7, 11) is 0. The number of nitrogens with zero attached hydrogens (tertiary/aromatic N) is 3. The lowest BCUT2D eigenvalue weighted by Gasteiger charge is -2.33. The maximum Gasteiger partial charge on any atom is 0.116 e. The van der Waals surface area contributed by atoms with Gasteiger partial charge >= 0.3 is 0 Å². The molecule has 1 aliphatic rings. The summed E-state index contributed by atoms with van der Waals surface area (Å²) in [5.74, 6) is 0.687. The molecule has 0 radical (unpaired) electrons. The van der Waals surface area contributed by atoms with Crippen LogP contribution in [0.3, 0.4) is 0 Å². The molecule has 3 rings (SSSR count). The van der Waals surface area contributed by atoms with Crippen LogP contribution < -0.4 is 10.6 Å². The zero-order valence-electron chi connectivity index (χ0n) is 10.4. The standard InChI is InChI=1S/C14H18N4/c15-8-11-4-6-18(7-5-11)14-3-1-2-13-12(14)9-16-10-17-13/h1-3,9-11H,4-8,15H2. The number of nitrogens with two attached hydrogens (primary N) is 1. The summed E-state index contributed by atoms with van der Waals surface area (Å²) in [5.41, 5.74) is 8.01. The fourth-order valence-corrected chi connectivity index (χ4v) is 2.67. The van der Waals surface area contributed by atoms with Gasteiger partial charge in [-0.25, -0.2) is 9.97 Å². The van der Waals surface area contributed by atoms with E-state index in [0.717, 1.165) is 30.5 Å². The first kappa shape index (κ1) is 11.4. The number of fused-ring (bicyclic) bond motifs is 1. The molecule has 0 bridgehead atoms. The van der Waals surface area contributed by atoms with Gasteiger partial charge in [-0.2, -0.15) is 0 Å². The molecular formula is C14H18N4. The van der Waals surface area contributed by atoms with Crippen molar-refractivity contribution < 1.29 is 0 Å². The van der Waals surface area contributed by atoms with Gasteiger partial charge in [-0.05, 0) is 37.4 Å². The summed E-state index contributed by atoms with van der Waals surface area (Å²) in [6.07, 6.45) is 5.88. The number of hydrogen-bond donors (Lipinski definition) is 1. The van der Waals surface area contributed by atoms with E-state index in [9.17, 15) is 0 Å². The van der Waals surface area contributed by atoms with Gasteiger partial charge in [0.1, 0.15) is 6.33 Å². The molecular weight excluding hydrogens is 224 g/mol. The molecule has 4 heteroatoms. The van der Waals surface area contributed by atoms with Crippen LogP contribution in [0.1, 0.15) is 12.8 Å². The van der Waals surface area contributed by atoms with Crippen LogP contribution in [-0.4, -0.2) is 29.6 Å². The Morgan fingerprint density at radius 1 is 1.28 bits per heavy atom. The molecule has 2 heterocycles. The number of benzene rings is 1. The van der Waals surface area contributed by atoms with Crippen LogP contribution in [0, 0.1) is 5.92 Å². The summed E-state index contributed by atoms with van der Waals surface area (Å²) >= 11 is 0. The first-order chi connectivity index (χ1) is 8.88. The third kappa shape index (κ3) is 2.04. The van der Waals surface area contributed by atoms with Gasteiger partial charge in [0.2, 0.25) is 0 Å². The Kier molecular flexibility index (Phi) is 3.11. The van der Waals surface area contributed by atoms with E-state index in [1.54, 1.807) is 6.33 Å². The van der Waals surface area contributed by atoms with Crippen molar-refractivity contribution in [2.45, 2.75) is 12.8 Å². The second-order valence-corrected chi connectivity index (χ2v) is 4.90. The zero-order chi connectivity index (χ0) is 12.4. The molecule has 94 valence electrons. The summed E-state index contributed by atoms with van der Waals surface area (Å²) in [5, 5.41) is 1.14. The smallest absolute Gasteiger partial charge is 0.116 e. The lowest BCUT2D eigenvalue weighted by molar-refractivity contribution is 0.415. The highest BCUT2D eigenvalue weighted by molar-refractivity contribution is 5.91. The number of rotatable bonds is 2. The first-order valence-electron chi connectivity index (χ1n) is 6.52. The lowest BCUT2D eigenvalue weighted by atomic mass is 9.96. The molecule has 0 aliphatic carbocycles. The molecule has 2 aromatic rings. The van der Waals surface area contributed by atoms with Gasteiger partial charge in [-0.3, -0.25) is 0 Å². The number of aromatic nitrogens is 2. The monoisotopic (exact) mass is 242 g/mol. The molecule has 1 aromatic heterocycles. The Labute approximate surface area is 107 Å². The Morgan fingerprint density at radius 3 is 2.89 bits per heavy atom. The van der Waals surface area contributed by atoms with E-state index < -0.39 is 0 Å². The van der Waals surface area contributed by atoms with Gasteiger partial charge in [0.25, 0.3) is 0 Å². The quantitative estimate of drug-likeness (QED) is 0.872. The van der Waals surface area contributed by atoms with Crippen molar-refractivity contribution in [3.63, 3.8) is 0 Å². The minimum Gasteiger partial charge on any atom is -0.371 e. The SMILES string of the molecule is NCC1CCN(c2cccc3ncncc23)CC1. The van der Waals surface area contributed by atoms with Crippen molar-refractivity contribution in [3.05, 3.63) is 30.7 Å². The Balaban J connectivity index is 1.91. The van der Waals surface area contributed by atoms with Crippen molar-refractivity contribution >= 4 is 16.6 Å². The lowest BCUT2D eigenvalue weighted by Crippen LogP contribution is -2.36. The Hall–Kier alpha value is -1.68. The molecule has 0 spiro atoms. The summed E-state index contributed by atoms with van der Waals surface area (Å²) in [4.78, 5) is 10.9. The summed E-state index contributed by atoms with van der Waals surface area (Å²) in [6.45, 7) is 2.97. The van der Waals surface area contributed by atoms with Gasteiger partial charge in [-0.15, -0.1) is 0 Å². The highest BCUT2D eigenvalue weighted by Crippen LogP contribution is 2.28. The van der Waals surface area contributed by atoms with E-state index in [-0.39, 0.29) is 0 Å². The molecule has 0 atom stereocenters. The minimum atomic E-state index is 0.687. The van der Waals surface area contributed by atoms with E-state index in [1.807, 2.05) is 12.3 Å². The predicted octanol–water partition coefficient (Wildman–Crippen LogP) is 1.80. The van der Waals surface area contributed by atoms with Crippen molar-refractivity contribution in [2.24, 2.45) is 11.7 Å². The molecule has 18 heavy (non-hydrogen) atoms. The topological polar surface area (TPSA) is 55.0 Å². The predicted molar refractivity (Wildman–Crippen MR) is 73.5 cm³/mol. The van der Waals surface area contributed by atoms with Gasteiger partial charge in [0.05, 0.1) is 5.52 Å². The van der Waals surface area contributed by atoms with Crippen molar-refractivity contribution in [2.75, 3.05) is 24.5 Å². The average molecular weight is 242 g/mol. The molecule has 1 aliphatic heterocycles. The molecule has 1 fully saturated rings. The fourth-order valence-electron chi connectivity index (χ4n) is 2.67. The van der Waals surface area contributed by atoms with Crippen LogP contribution in [-0.2, 0) is 0 Å². The normalized spacial score (nSPS) is 17.3. The third-order valence-electron chi connectivity index (χ3n) is 3.82. The van der Waals surface area contributed by atoms with Crippen LogP contribution in [0.4, 0.5) is 5.69 Å². The first-order valence-corrected chi connectivity index (χ1v) is 6.52. The van der Waals surface area contributed by atoms with E-state index in [4.69, 9.17) is 5.73 Å². The molecule has 1 saturated heterocycles. The molecule has 4 nitrogen and oxygen atoms in total. The van der Waals surface area contributed by atoms with E-state index >= 15 is 0 Å². The van der Waals surface area contributed by atoms with Crippen LogP contribution in [0.2, 0.25) is 0 Å². The number of piperidine rings is 1. The number of hydrogen-bond acceptors (Lipinski definition) is 4. The molecule has 0 unspecified atom stereocenters. The molecule has 0 amide bonds. The largest absolute Gasteiger partial charge is 0.371 e. The van der Waals surface area contributed by atoms with Gasteiger partial charge < -0.3 is 10.6 Å². The van der Waals surface area contributed by atoms with Gasteiger partial charge in [0, 0.05) is 30.4 Å². The highest BCUT2D eigenvalue weighted by atomic mass is 15.1. The Morgan fingerprint density at radius 2 is 2.11 bits per heavy atom. The summed E-state index contributed by atoms with van der Waals surface area (Å²) in [6, 6.07) is 6.27. The van der Waals surface area contributed by atoms with Crippen molar-refractivity contribution in [1.82, 2.24) is 9.97 Å². The maximum absolute atomic E-state index is 5.74. The van der Waals surface area contributed by atoms with Gasteiger partial charge in [0.15, 0.2) is 0 Å².